The average Bonchev–Trinajstić information content (AvgIpc) is 2.75. The lowest BCUT2D eigenvalue weighted by atomic mass is 10.1. The van der Waals surface area contributed by atoms with Gasteiger partial charge in [-0.25, -0.2) is 14.2 Å². The van der Waals surface area contributed by atoms with Crippen LogP contribution < -0.4 is 11.3 Å². The summed E-state index contributed by atoms with van der Waals surface area (Å²) in [6.45, 7) is 0. The molecule has 0 aliphatic heterocycles. The molecule has 0 amide bonds. The highest BCUT2D eigenvalue weighted by molar-refractivity contribution is 7.09. The number of hydrazine groups is 1. The molecule has 0 aliphatic carbocycles. The Labute approximate surface area is 94.9 Å². The van der Waals surface area contributed by atoms with Crippen LogP contribution in [0.2, 0.25) is 0 Å². The third-order valence-corrected chi connectivity index (χ3v) is 3.02. The molecule has 6 heteroatoms. The van der Waals surface area contributed by atoms with E-state index in [0.717, 1.165) is 10.9 Å². The zero-order valence-electron chi connectivity index (χ0n) is 8.15. The number of nitrogens with one attached hydrogen (secondary N) is 1. The van der Waals surface area contributed by atoms with Gasteiger partial charge in [0, 0.05) is 22.7 Å². The topological polar surface area (TPSA) is 50.9 Å². The second-order valence-electron chi connectivity index (χ2n) is 3.17. The number of aromatic nitrogens is 1. The molecule has 1 heterocycles. The van der Waals surface area contributed by atoms with E-state index in [4.69, 9.17) is 5.84 Å². The SMILES string of the molecule is NNC(c1cncs1)c1ccc(F)cc1F. The Hall–Kier alpha value is -1.37. The van der Waals surface area contributed by atoms with Crippen LogP contribution in [0.15, 0.2) is 29.9 Å². The van der Waals surface area contributed by atoms with Crippen molar-refractivity contribution >= 4 is 11.3 Å². The maximum absolute atomic E-state index is 13.5. The third-order valence-electron chi connectivity index (χ3n) is 2.18. The summed E-state index contributed by atoms with van der Waals surface area (Å²) in [5.41, 5.74) is 4.41. The van der Waals surface area contributed by atoms with Gasteiger partial charge in [0.05, 0.1) is 11.6 Å². The van der Waals surface area contributed by atoms with Crippen LogP contribution in [0, 0.1) is 11.6 Å². The fourth-order valence-electron chi connectivity index (χ4n) is 1.43. The molecular weight excluding hydrogens is 232 g/mol. The number of nitrogens with two attached hydrogens (primary N) is 1. The summed E-state index contributed by atoms with van der Waals surface area (Å²) in [7, 11) is 0. The van der Waals surface area contributed by atoms with Gasteiger partial charge in [-0.2, -0.15) is 0 Å². The Bertz CT molecular complexity index is 473. The zero-order chi connectivity index (χ0) is 11.5. The lowest BCUT2D eigenvalue weighted by molar-refractivity contribution is 0.544. The molecular formula is C10H9F2N3S. The van der Waals surface area contributed by atoms with Gasteiger partial charge in [-0.05, 0) is 6.07 Å². The van der Waals surface area contributed by atoms with Crippen molar-refractivity contribution in [2.45, 2.75) is 6.04 Å². The molecule has 16 heavy (non-hydrogen) atoms. The minimum Gasteiger partial charge on any atom is -0.271 e. The van der Waals surface area contributed by atoms with Crippen LogP contribution in [0.5, 0.6) is 0 Å². The van der Waals surface area contributed by atoms with Crippen LogP contribution >= 0.6 is 11.3 Å². The second-order valence-corrected chi connectivity index (χ2v) is 4.09. The predicted octanol–water partition coefficient (Wildman–Crippen LogP) is 1.97. The molecule has 0 bridgehead atoms. The molecule has 3 nitrogen and oxygen atoms in total. The van der Waals surface area contributed by atoms with Crippen molar-refractivity contribution in [3.63, 3.8) is 0 Å². The van der Waals surface area contributed by atoms with Crippen LogP contribution in [0.1, 0.15) is 16.5 Å². The first kappa shape index (κ1) is 11.1. The molecule has 0 fully saturated rings. The molecule has 0 aliphatic rings. The van der Waals surface area contributed by atoms with E-state index < -0.39 is 17.7 Å². The van der Waals surface area contributed by atoms with Crippen molar-refractivity contribution in [1.82, 2.24) is 10.4 Å². The van der Waals surface area contributed by atoms with E-state index in [1.54, 1.807) is 11.7 Å². The summed E-state index contributed by atoms with van der Waals surface area (Å²) in [6, 6.07) is 2.90. The number of nitrogens with zero attached hydrogens (tertiary/aromatic N) is 1. The molecule has 1 aromatic carbocycles. The molecule has 1 unspecified atom stereocenters. The van der Waals surface area contributed by atoms with E-state index in [0.29, 0.717) is 5.56 Å². The van der Waals surface area contributed by atoms with Gasteiger partial charge in [-0.1, -0.05) is 6.07 Å². The van der Waals surface area contributed by atoms with Gasteiger partial charge in [-0.3, -0.25) is 10.8 Å². The number of rotatable bonds is 3. The number of benzene rings is 1. The van der Waals surface area contributed by atoms with Crippen molar-refractivity contribution in [2.24, 2.45) is 5.84 Å². The quantitative estimate of drug-likeness (QED) is 0.638. The minimum absolute atomic E-state index is 0.299. The van der Waals surface area contributed by atoms with Gasteiger partial charge < -0.3 is 0 Å². The molecule has 0 saturated heterocycles. The van der Waals surface area contributed by atoms with E-state index in [-0.39, 0.29) is 0 Å². The molecule has 1 atom stereocenters. The minimum atomic E-state index is -0.628. The molecule has 1 aromatic heterocycles. The molecule has 0 spiro atoms. The Balaban J connectivity index is 2.41. The summed E-state index contributed by atoms with van der Waals surface area (Å²) in [5, 5.41) is 0. The van der Waals surface area contributed by atoms with Crippen LogP contribution in [-0.4, -0.2) is 4.98 Å². The third kappa shape index (κ3) is 2.08. The largest absolute Gasteiger partial charge is 0.271 e. The molecule has 3 N–H and O–H groups in total. The Morgan fingerprint density at radius 2 is 2.19 bits per heavy atom. The fraction of sp³-hybridized carbons (Fsp3) is 0.100. The summed E-state index contributed by atoms with van der Waals surface area (Å²) < 4.78 is 26.3. The highest BCUT2D eigenvalue weighted by Gasteiger charge is 2.18. The Morgan fingerprint density at radius 1 is 1.38 bits per heavy atom. The number of halogens is 2. The van der Waals surface area contributed by atoms with Crippen molar-refractivity contribution < 1.29 is 8.78 Å². The normalized spacial score (nSPS) is 12.7. The van der Waals surface area contributed by atoms with Gasteiger partial charge in [-0.15, -0.1) is 11.3 Å². The molecule has 84 valence electrons. The van der Waals surface area contributed by atoms with Gasteiger partial charge >= 0.3 is 0 Å². The van der Waals surface area contributed by atoms with Crippen LogP contribution in [0.4, 0.5) is 8.78 Å². The molecule has 0 saturated carbocycles. The van der Waals surface area contributed by atoms with Gasteiger partial charge in [0.25, 0.3) is 0 Å². The summed E-state index contributed by atoms with van der Waals surface area (Å²) in [5.74, 6) is 4.13. The zero-order valence-corrected chi connectivity index (χ0v) is 8.97. The van der Waals surface area contributed by atoms with Crippen molar-refractivity contribution in [2.75, 3.05) is 0 Å². The number of thiazole rings is 1. The standard InChI is InChI=1S/C10H9F2N3S/c11-6-1-2-7(8(12)3-6)10(15-13)9-4-14-5-16-9/h1-5,10,15H,13H2. The highest BCUT2D eigenvalue weighted by Crippen LogP contribution is 2.26. The first-order valence-corrected chi connectivity index (χ1v) is 5.40. The van der Waals surface area contributed by atoms with Crippen molar-refractivity contribution in [3.05, 3.63) is 52.0 Å². The van der Waals surface area contributed by atoms with Crippen molar-refractivity contribution in [3.8, 4) is 0 Å². The lowest BCUT2D eigenvalue weighted by Crippen LogP contribution is -2.29. The predicted molar refractivity (Wildman–Crippen MR) is 57.6 cm³/mol. The maximum atomic E-state index is 13.5. The van der Waals surface area contributed by atoms with Gasteiger partial charge in [0.1, 0.15) is 11.6 Å². The van der Waals surface area contributed by atoms with E-state index >= 15 is 0 Å². The average molecular weight is 241 g/mol. The Morgan fingerprint density at radius 3 is 2.75 bits per heavy atom. The van der Waals surface area contributed by atoms with E-state index in [1.165, 1.54) is 23.5 Å². The van der Waals surface area contributed by atoms with Crippen molar-refractivity contribution in [1.29, 1.82) is 0 Å². The number of hydrogen-bond acceptors (Lipinski definition) is 4. The fourth-order valence-corrected chi connectivity index (χ4v) is 2.13. The summed E-state index contributed by atoms with van der Waals surface area (Å²) >= 11 is 1.35. The summed E-state index contributed by atoms with van der Waals surface area (Å²) in [6.07, 6.45) is 1.60. The maximum Gasteiger partial charge on any atom is 0.131 e. The first-order valence-electron chi connectivity index (χ1n) is 4.52. The van der Waals surface area contributed by atoms with E-state index in [9.17, 15) is 8.78 Å². The van der Waals surface area contributed by atoms with Crippen LogP contribution in [-0.2, 0) is 0 Å². The van der Waals surface area contributed by atoms with Gasteiger partial charge in [0.2, 0.25) is 0 Å². The summed E-state index contributed by atoms with van der Waals surface area (Å²) in [4.78, 5) is 4.66. The van der Waals surface area contributed by atoms with Gasteiger partial charge in [0.15, 0.2) is 0 Å². The number of hydrogen-bond donors (Lipinski definition) is 2. The lowest BCUT2D eigenvalue weighted by Gasteiger charge is -2.14. The van der Waals surface area contributed by atoms with E-state index in [2.05, 4.69) is 10.4 Å². The monoisotopic (exact) mass is 241 g/mol. The van der Waals surface area contributed by atoms with E-state index in [1.807, 2.05) is 0 Å². The first-order chi connectivity index (χ1) is 7.72. The van der Waals surface area contributed by atoms with Crippen LogP contribution in [0.25, 0.3) is 0 Å². The molecule has 2 aromatic rings. The molecule has 2 rings (SSSR count). The highest BCUT2D eigenvalue weighted by atomic mass is 32.1. The smallest absolute Gasteiger partial charge is 0.131 e. The second kappa shape index (κ2) is 4.65. The molecule has 0 radical (unpaired) electrons. The van der Waals surface area contributed by atoms with Crippen LogP contribution in [0.3, 0.4) is 0 Å². The Kier molecular flexibility index (Phi) is 3.23.